The molecule has 1 aliphatic heterocycles. The molecule has 3 unspecified atom stereocenters. The first-order valence-electron chi connectivity index (χ1n) is 5.06. The second kappa shape index (κ2) is 3.92. The molecule has 3 atom stereocenters. The molecule has 1 aromatic carbocycles. The van der Waals surface area contributed by atoms with Crippen LogP contribution in [0.1, 0.15) is 19.4 Å². The van der Waals surface area contributed by atoms with Gasteiger partial charge in [-0.05, 0) is 37.0 Å². The molecule has 0 aliphatic carbocycles. The second-order valence-corrected chi connectivity index (χ2v) is 4.55. The number of ether oxygens (including phenoxy) is 1. The van der Waals surface area contributed by atoms with Gasteiger partial charge in [-0.15, -0.1) is 0 Å². The van der Waals surface area contributed by atoms with Gasteiger partial charge < -0.3 is 4.74 Å². The minimum Gasteiger partial charge on any atom is -0.370 e. The maximum Gasteiger partial charge on any atom is 0.0867 e. The van der Waals surface area contributed by atoms with Crippen LogP contribution < -0.4 is 0 Å². The molecule has 14 heavy (non-hydrogen) atoms. The van der Waals surface area contributed by atoms with E-state index in [9.17, 15) is 0 Å². The van der Waals surface area contributed by atoms with Gasteiger partial charge in [0.05, 0.1) is 12.2 Å². The highest BCUT2D eigenvalue weighted by molar-refractivity contribution is 6.30. The van der Waals surface area contributed by atoms with E-state index in [0.717, 1.165) is 11.4 Å². The highest BCUT2D eigenvalue weighted by Crippen LogP contribution is 2.31. The van der Waals surface area contributed by atoms with Crippen LogP contribution in [-0.4, -0.2) is 12.2 Å². The van der Waals surface area contributed by atoms with E-state index in [4.69, 9.17) is 16.3 Å². The molecule has 2 rings (SSSR count). The summed E-state index contributed by atoms with van der Waals surface area (Å²) in [5, 5.41) is 0.819. The van der Waals surface area contributed by atoms with Crippen LogP contribution in [0.2, 0.25) is 5.02 Å². The van der Waals surface area contributed by atoms with E-state index in [1.165, 1.54) is 5.56 Å². The lowest BCUT2D eigenvalue weighted by Gasteiger charge is -2.08. The third-order valence-corrected chi connectivity index (χ3v) is 3.00. The molecule has 1 aliphatic rings. The second-order valence-electron chi connectivity index (χ2n) is 4.12. The Morgan fingerprint density at radius 3 is 2.79 bits per heavy atom. The van der Waals surface area contributed by atoms with E-state index >= 15 is 0 Å². The third-order valence-electron chi connectivity index (χ3n) is 2.77. The van der Waals surface area contributed by atoms with Crippen molar-refractivity contribution in [2.75, 3.05) is 0 Å². The first kappa shape index (κ1) is 10.0. The summed E-state index contributed by atoms with van der Waals surface area (Å²) in [6.07, 6.45) is 1.95. The standard InChI is InChI=1S/C12H15ClO/c1-8(12-9(2)14-12)6-10-4-3-5-11(13)7-10/h3-5,7-9,12H,6H2,1-2H3. The largest absolute Gasteiger partial charge is 0.370 e. The molecule has 1 heterocycles. The van der Waals surface area contributed by atoms with E-state index in [-0.39, 0.29) is 0 Å². The molecule has 1 saturated heterocycles. The topological polar surface area (TPSA) is 12.5 Å². The van der Waals surface area contributed by atoms with Crippen molar-refractivity contribution in [3.63, 3.8) is 0 Å². The molecule has 0 N–H and O–H groups in total. The van der Waals surface area contributed by atoms with Crippen molar-refractivity contribution in [3.05, 3.63) is 34.9 Å². The van der Waals surface area contributed by atoms with Gasteiger partial charge in [-0.1, -0.05) is 30.7 Å². The molecule has 2 heteroatoms. The lowest BCUT2D eigenvalue weighted by molar-refractivity contribution is 0.328. The number of epoxide rings is 1. The van der Waals surface area contributed by atoms with Crippen LogP contribution in [0.5, 0.6) is 0 Å². The summed E-state index contributed by atoms with van der Waals surface area (Å²) in [7, 11) is 0. The van der Waals surface area contributed by atoms with Crippen LogP contribution in [0.3, 0.4) is 0 Å². The Hall–Kier alpha value is -0.530. The highest BCUT2D eigenvalue weighted by atomic mass is 35.5. The predicted octanol–water partition coefficient (Wildman–Crippen LogP) is 3.31. The fourth-order valence-electron chi connectivity index (χ4n) is 1.95. The van der Waals surface area contributed by atoms with Crippen molar-refractivity contribution < 1.29 is 4.74 Å². The van der Waals surface area contributed by atoms with Crippen molar-refractivity contribution in [1.29, 1.82) is 0 Å². The number of halogens is 1. The van der Waals surface area contributed by atoms with Crippen LogP contribution >= 0.6 is 11.6 Å². The summed E-state index contributed by atoms with van der Waals surface area (Å²) in [4.78, 5) is 0. The molecule has 0 amide bonds. The zero-order valence-electron chi connectivity index (χ0n) is 8.53. The molecule has 0 bridgehead atoms. The number of rotatable bonds is 3. The molecule has 0 spiro atoms. The first-order valence-corrected chi connectivity index (χ1v) is 5.44. The van der Waals surface area contributed by atoms with E-state index in [0.29, 0.717) is 18.1 Å². The Morgan fingerprint density at radius 1 is 1.50 bits per heavy atom. The van der Waals surface area contributed by atoms with E-state index in [1.807, 2.05) is 18.2 Å². The summed E-state index contributed by atoms with van der Waals surface area (Å²) in [5.74, 6) is 0.587. The van der Waals surface area contributed by atoms with Gasteiger partial charge in [0, 0.05) is 5.02 Å². The van der Waals surface area contributed by atoms with Crippen LogP contribution in [0.4, 0.5) is 0 Å². The van der Waals surface area contributed by atoms with Crippen LogP contribution in [0.25, 0.3) is 0 Å². The molecule has 1 aromatic rings. The lowest BCUT2D eigenvalue weighted by atomic mass is 9.97. The molecule has 1 nitrogen and oxygen atoms in total. The van der Waals surface area contributed by atoms with Crippen molar-refractivity contribution in [2.24, 2.45) is 5.92 Å². The fourth-order valence-corrected chi connectivity index (χ4v) is 2.16. The molecular weight excluding hydrogens is 196 g/mol. The minimum atomic E-state index is 0.448. The zero-order chi connectivity index (χ0) is 10.1. The van der Waals surface area contributed by atoms with Crippen molar-refractivity contribution in [3.8, 4) is 0 Å². The van der Waals surface area contributed by atoms with Gasteiger partial charge in [0.15, 0.2) is 0 Å². The van der Waals surface area contributed by atoms with Gasteiger partial charge in [-0.3, -0.25) is 0 Å². The number of hydrogen-bond acceptors (Lipinski definition) is 1. The summed E-state index contributed by atoms with van der Waals surface area (Å²) >= 11 is 5.92. The van der Waals surface area contributed by atoms with Crippen molar-refractivity contribution >= 4 is 11.6 Å². The smallest absolute Gasteiger partial charge is 0.0867 e. The maximum absolute atomic E-state index is 5.92. The van der Waals surface area contributed by atoms with E-state index in [1.54, 1.807) is 0 Å². The monoisotopic (exact) mass is 210 g/mol. The maximum atomic E-state index is 5.92. The van der Waals surface area contributed by atoms with Gasteiger partial charge >= 0.3 is 0 Å². The Bertz CT molecular complexity index is 324. The Morgan fingerprint density at radius 2 is 2.21 bits per heavy atom. The van der Waals surface area contributed by atoms with Gasteiger partial charge in [-0.2, -0.15) is 0 Å². The van der Waals surface area contributed by atoms with Crippen molar-refractivity contribution in [1.82, 2.24) is 0 Å². The van der Waals surface area contributed by atoms with E-state index < -0.39 is 0 Å². The molecular formula is C12H15ClO. The molecule has 0 aromatic heterocycles. The Balaban J connectivity index is 1.96. The minimum absolute atomic E-state index is 0.448. The zero-order valence-corrected chi connectivity index (χ0v) is 9.29. The van der Waals surface area contributed by atoms with Gasteiger partial charge in [0.1, 0.15) is 0 Å². The molecule has 0 saturated carbocycles. The van der Waals surface area contributed by atoms with Crippen LogP contribution in [0.15, 0.2) is 24.3 Å². The predicted molar refractivity (Wildman–Crippen MR) is 58.7 cm³/mol. The summed E-state index contributed by atoms with van der Waals surface area (Å²) in [5.41, 5.74) is 1.30. The SMILES string of the molecule is CC(Cc1cccc(Cl)c1)C1OC1C. The lowest BCUT2D eigenvalue weighted by Crippen LogP contribution is -2.08. The van der Waals surface area contributed by atoms with Crippen LogP contribution in [-0.2, 0) is 11.2 Å². The van der Waals surface area contributed by atoms with Crippen LogP contribution in [0, 0.1) is 5.92 Å². The number of benzene rings is 1. The number of hydrogen-bond donors (Lipinski definition) is 0. The summed E-state index contributed by atoms with van der Waals surface area (Å²) in [6, 6.07) is 8.06. The summed E-state index contributed by atoms with van der Waals surface area (Å²) in [6.45, 7) is 4.36. The quantitative estimate of drug-likeness (QED) is 0.698. The van der Waals surface area contributed by atoms with E-state index in [2.05, 4.69) is 19.9 Å². The van der Waals surface area contributed by atoms with Gasteiger partial charge in [0.2, 0.25) is 0 Å². The normalized spacial score (nSPS) is 27.4. The fraction of sp³-hybridized carbons (Fsp3) is 0.500. The Kier molecular flexibility index (Phi) is 2.80. The molecule has 0 radical (unpaired) electrons. The first-order chi connectivity index (χ1) is 6.66. The average Bonchev–Trinajstić information content (AvgIpc) is 2.82. The average molecular weight is 211 g/mol. The highest BCUT2D eigenvalue weighted by Gasteiger charge is 2.38. The van der Waals surface area contributed by atoms with Gasteiger partial charge in [-0.25, -0.2) is 0 Å². The van der Waals surface area contributed by atoms with Crippen molar-refractivity contribution in [2.45, 2.75) is 32.5 Å². The molecule has 1 fully saturated rings. The van der Waals surface area contributed by atoms with Gasteiger partial charge in [0.25, 0.3) is 0 Å². The molecule has 76 valence electrons. The Labute approximate surface area is 90.0 Å². The third kappa shape index (κ3) is 2.28. The summed E-state index contributed by atoms with van der Waals surface area (Å²) < 4.78 is 5.45.